The van der Waals surface area contributed by atoms with E-state index in [0.29, 0.717) is 5.57 Å². The van der Waals surface area contributed by atoms with Crippen LogP contribution in [-0.2, 0) is 28.4 Å². The molecule has 1 aliphatic carbocycles. The predicted molar refractivity (Wildman–Crippen MR) is 98.7 cm³/mol. The molecular formula is C16H30NO6PS. The van der Waals surface area contributed by atoms with Crippen LogP contribution in [0, 0.1) is 0 Å². The Kier molecular flexibility index (Phi) is 8.02. The van der Waals surface area contributed by atoms with E-state index >= 15 is 0 Å². The number of ketones is 1. The molecule has 0 aliphatic heterocycles. The summed E-state index contributed by atoms with van der Waals surface area (Å²) >= 11 is 0. The first-order valence-corrected chi connectivity index (χ1v) is 12.9. The molecule has 0 saturated carbocycles. The molecule has 0 amide bonds. The Balaban J connectivity index is 3.28. The molecule has 1 aliphatic rings. The summed E-state index contributed by atoms with van der Waals surface area (Å²) in [5.41, 5.74) is 0.463. The van der Waals surface area contributed by atoms with Crippen molar-refractivity contribution in [2.24, 2.45) is 0 Å². The van der Waals surface area contributed by atoms with Gasteiger partial charge in [0.2, 0.25) is 0 Å². The van der Waals surface area contributed by atoms with Gasteiger partial charge in [-0.25, -0.2) is 0 Å². The molecule has 1 rings (SSSR count). The Hall–Kier alpha value is -0.530. The predicted octanol–water partition coefficient (Wildman–Crippen LogP) is 2.32. The maximum absolute atomic E-state index is 12.3. The second-order valence-electron chi connectivity index (χ2n) is 6.84. The van der Waals surface area contributed by atoms with Gasteiger partial charge in [0.05, 0.1) is 30.6 Å². The molecule has 0 radical (unpaired) electrons. The molecule has 0 heterocycles. The van der Waals surface area contributed by atoms with Crippen molar-refractivity contribution in [2.75, 3.05) is 19.6 Å². The lowest BCUT2D eigenvalue weighted by Gasteiger charge is -2.38. The van der Waals surface area contributed by atoms with Gasteiger partial charge in [-0.3, -0.25) is 14.1 Å². The van der Waals surface area contributed by atoms with Crippen LogP contribution in [0.3, 0.4) is 0 Å². The van der Waals surface area contributed by atoms with Crippen LogP contribution in [0.5, 0.6) is 0 Å². The Bertz CT molecular complexity index is 650. The zero-order chi connectivity index (χ0) is 19.4. The van der Waals surface area contributed by atoms with E-state index < -0.39 is 35.7 Å². The largest absolute Gasteiger partial charge is 0.369 e. The monoisotopic (exact) mass is 395 g/mol. The highest BCUT2D eigenvalue weighted by molar-refractivity contribution is 7.86. The van der Waals surface area contributed by atoms with E-state index in [9.17, 15) is 17.8 Å². The fourth-order valence-corrected chi connectivity index (χ4v) is 4.52. The third-order valence-corrected chi connectivity index (χ3v) is 5.53. The summed E-state index contributed by atoms with van der Waals surface area (Å²) in [6.07, 6.45) is 2.84. The van der Waals surface area contributed by atoms with Crippen LogP contribution in [-0.4, -0.2) is 58.1 Å². The smallest absolute Gasteiger partial charge is 0.264 e. The van der Waals surface area contributed by atoms with E-state index in [-0.39, 0.29) is 18.3 Å². The SMILES string of the molecule is CCC(CC)O[C@@H]1C=C(C(C)=O)C[C@@H](OS(C)(=O)=O)[C@H]1NP(C)(C)=O. The Labute approximate surface area is 151 Å². The molecule has 0 bridgehead atoms. The minimum Gasteiger partial charge on any atom is -0.369 e. The van der Waals surface area contributed by atoms with Crippen molar-refractivity contribution in [1.82, 2.24) is 5.09 Å². The summed E-state index contributed by atoms with van der Waals surface area (Å²) < 4.78 is 46.9. The van der Waals surface area contributed by atoms with E-state index in [0.717, 1.165) is 19.1 Å². The van der Waals surface area contributed by atoms with Gasteiger partial charge in [-0.1, -0.05) is 13.8 Å². The van der Waals surface area contributed by atoms with Gasteiger partial charge in [0, 0.05) is 19.8 Å². The highest BCUT2D eigenvalue weighted by Crippen LogP contribution is 2.36. The van der Waals surface area contributed by atoms with Crippen LogP contribution in [0.4, 0.5) is 0 Å². The summed E-state index contributed by atoms with van der Waals surface area (Å²) in [6, 6.07) is -0.626. The number of carbonyl (C=O) groups excluding carboxylic acids is 1. The minimum atomic E-state index is -3.75. The number of carbonyl (C=O) groups is 1. The summed E-state index contributed by atoms with van der Waals surface area (Å²) in [7, 11) is -6.45. The molecule has 0 spiro atoms. The molecule has 7 nitrogen and oxygen atoms in total. The van der Waals surface area contributed by atoms with Crippen molar-refractivity contribution >= 4 is 23.2 Å². The molecule has 9 heteroatoms. The summed E-state index contributed by atoms with van der Waals surface area (Å²) in [5, 5.41) is 2.98. The second kappa shape index (κ2) is 8.91. The first-order chi connectivity index (χ1) is 11.4. The average molecular weight is 395 g/mol. The van der Waals surface area contributed by atoms with Crippen LogP contribution in [0.1, 0.15) is 40.0 Å². The molecule has 0 unspecified atom stereocenters. The van der Waals surface area contributed by atoms with Gasteiger partial charge in [-0.05, 0) is 31.4 Å². The maximum Gasteiger partial charge on any atom is 0.264 e. The van der Waals surface area contributed by atoms with Crippen LogP contribution in [0.25, 0.3) is 0 Å². The summed E-state index contributed by atoms with van der Waals surface area (Å²) in [6.45, 7) is 8.52. The lowest BCUT2D eigenvalue weighted by molar-refractivity contribution is -0.114. The van der Waals surface area contributed by atoms with Crippen LogP contribution in [0.2, 0.25) is 0 Å². The summed E-state index contributed by atoms with van der Waals surface area (Å²) in [5.74, 6) is -0.158. The van der Waals surface area contributed by atoms with E-state index in [1.54, 1.807) is 19.4 Å². The van der Waals surface area contributed by atoms with Crippen molar-refractivity contribution in [1.29, 1.82) is 0 Å². The van der Waals surface area contributed by atoms with Crippen molar-refractivity contribution < 1.29 is 26.7 Å². The number of nitrogens with one attached hydrogen (secondary N) is 1. The molecule has 0 aromatic heterocycles. The van der Waals surface area contributed by atoms with Gasteiger partial charge in [0.15, 0.2) is 5.78 Å². The Morgan fingerprint density at radius 2 is 1.92 bits per heavy atom. The van der Waals surface area contributed by atoms with Gasteiger partial charge < -0.3 is 9.30 Å². The van der Waals surface area contributed by atoms with Crippen LogP contribution >= 0.6 is 7.29 Å². The molecule has 146 valence electrons. The van der Waals surface area contributed by atoms with E-state index in [1.807, 2.05) is 13.8 Å². The van der Waals surface area contributed by atoms with Gasteiger partial charge in [0.25, 0.3) is 10.1 Å². The molecule has 0 aromatic rings. The standard InChI is InChI=1S/C16H30NO6PS/c1-7-13(8-2)22-14-9-12(11(3)18)10-15(23-25(6,20)21)16(14)17-24(4,5)19/h9,13-16H,7-8,10H2,1-6H3,(H,17,19)/t14-,15-,16+/m1/s1. The van der Waals surface area contributed by atoms with Crippen molar-refractivity contribution in [3.05, 3.63) is 11.6 Å². The number of Topliss-reactive ketones (excluding diaryl/α,β-unsaturated/α-hetero) is 1. The fourth-order valence-electron chi connectivity index (χ4n) is 2.85. The van der Waals surface area contributed by atoms with Crippen LogP contribution in [0.15, 0.2) is 11.6 Å². The maximum atomic E-state index is 12.3. The molecule has 1 N–H and O–H groups in total. The molecule has 0 saturated heterocycles. The minimum absolute atomic E-state index is 0.0520. The van der Waals surface area contributed by atoms with Crippen LogP contribution < -0.4 is 5.09 Å². The number of rotatable bonds is 9. The zero-order valence-corrected chi connectivity index (χ0v) is 17.5. The highest BCUT2D eigenvalue weighted by atomic mass is 32.2. The topological polar surface area (TPSA) is 98.8 Å². The van der Waals surface area contributed by atoms with Crippen molar-refractivity contribution in [3.63, 3.8) is 0 Å². The zero-order valence-electron chi connectivity index (χ0n) is 15.8. The molecule has 0 aromatic carbocycles. The Morgan fingerprint density at radius 3 is 2.32 bits per heavy atom. The number of ether oxygens (including phenoxy) is 1. The van der Waals surface area contributed by atoms with E-state index in [1.165, 1.54) is 6.92 Å². The summed E-state index contributed by atoms with van der Waals surface area (Å²) in [4.78, 5) is 11.9. The third kappa shape index (κ3) is 7.71. The highest BCUT2D eigenvalue weighted by Gasteiger charge is 2.40. The lowest BCUT2D eigenvalue weighted by Crippen LogP contribution is -2.52. The number of hydrogen-bond donors (Lipinski definition) is 1. The number of hydrogen-bond acceptors (Lipinski definition) is 6. The molecule has 3 atom stereocenters. The van der Waals surface area contributed by atoms with E-state index in [2.05, 4.69) is 5.09 Å². The molecule has 0 fully saturated rings. The molecular weight excluding hydrogens is 365 g/mol. The first kappa shape index (κ1) is 22.5. The van der Waals surface area contributed by atoms with Gasteiger partial charge >= 0.3 is 0 Å². The third-order valence-electron chi connectivity index (χ3n) is 4.01. The Morgan fingerprint density at radius 1 is 1.36 bits per heavy atom. The first-order valence-electron chi connectivity index (χ1n) is 8.44. The lowest BCUT2D eigenvalue weighted by atomic mass is 9.89. The quantitative estimate of drug-likeness (QED) is 0.472. The normalized spacial score (nSPS) is 25.1. The van der Waals surface area contributed by atoms with Crippen molar-refractivity contribution in [2.45, 2.75) is 64.4 Å². The van der Waals surface area contributed by atoms with E-state index in [4.69, 9.17) is 8.92 Å². The van der Waals surface area contributed by atoms with Crippen molar-refractivity contribution in [3.8, 4) is 0 Å². The molecule has 25 heavy (non-hydrogen) atoms. The van der Waals surface area contributed by atoms with Gasteiger partial charge in [-0.15, -0.1) is 0 Å². The van der Waals surface area contributed by atoms with Gasteiger partial charge in [0.1, 0.15) is 7.29 Å². The van der Waals surface area contributed by atoms with Gasteiger partial charge in [-0.2, -0.15) is 8.42 Å². The second-order valence-corrected chi connectivity index (χ2v) is 11.4. The fraction of sp³-hybridized carbons (Fsp3) is 0.812. The average Bonchev–Trinajstić information content (AvgIpc) is 2.44.